The normalized spacial score (nSPS) is 33.6. The van der Waals surface area contributed by atoms with Gasteiger partial charge in [-0.25, -0.2) is 4.79 Å². The third-order valence-corrected chi connectivity index (χ3v) is 4.65. The Balaban J connectivity index is 1.63. The van der Waals surface area contributed by atoms with E-state index < -0.39 is 12.3 Å². The Morgan fingerprint density at radius 1 is 1.14 bits per heavy atom. The average molecular weight is 300 g/mol. The number of unbranched alkanes of at least 4 members (excludes halogenated alkanes) is 2. The molecule has 0 aromatic carbocycles. The number of carbonyl (C=O) groups is 1. The molecule has 0 radical (unpaired) electrons. The molecule has 1 aliphatic carbocycles. The lowest BCUT2D eigenvalue weighted by Gasteiger charge is -2.37. The average Bonchev–Trinajstić information content (AvgIpc) is 2.49. The molecule has 21 heavy (non-hydrogen) atoms. The van der Waals surface area contributed by atoms with Crippen molar-refractivity contribution < 1.29 is 24.1 Å². The van der Waals surface area contributed by atoms with E-state index >= 15 is 0 Å². The highest BCUT2D eigenvalue weighted by Gasteiger charge is 2.33. The molecule has 122 valence electrons. The number of rotatable bonds is 6. The van der Waals surface area contributed by atoms with Crippen LogP contribution in [-0.4, -0.2) is 36.9 Å². The first kappa shape index (κ1) is 16.6. The van der Waals surface area contributed by atoms with Crippen molar-refractivity contribution in [2.45, 2.75) is 70.7 Å². The Hall–Kier alpha value is -0.810. The first-order valence-electron chi connectivity index (χ1n) is 8.31. The number of hydrogen-bond donors (Lipinski definition) is 1. The highest BCUT2D eigenvalue weighted by atomic mass is 16.7. The second-order valence-corrected chi connectivity index (χ2v) is 6.32. The highest BCUT2D eigenvalue weighted by molar-refractivity contribution is 5.57. The second kappa shape index (κ2) is 8.59. The molecule has 5 nitrogen and oxygen atoms in total. The molecular formula is C16H28O5. The summed E-state index contributed by atoms with van der Waals surface area (Å²) in [4.78, 5) is 10.5. The fourth-order valence-corrected chi connectivity index (χ4v) is 3.42. The lowest BCUT2D eigenvalue weighted by atomic mass is 9.79. The molecule has 2 aliphatic rings. The minimum atomic E-state index is -1.27. The Labute approximate surface area is 126 Å². The second-order valence-electron chi connectivity index (χ2n) is 6.32. The SMILES string of the molecule is CCCCCC1CCC([C@H]2OC[C@H](OC(=O)O)CO2)CC1. The summed E-state index contributed by atoms with van der Waals surface area (Å²) in [6.07, 6.45) is 8.30. The molecule has 0 spiro atoms. The summed E-state index contributed by atoms with van der Waals surface area (Å²) in [5.74, 6) is 1.33. The summed E-state index contributed by atoms with van der Waals surface area (Å²) < 4.78 is 16.0. The number of hydrogen-bond acceptors (Lipinski definition) is 4. The molecule has 2 fully saturated rings. The van der Waals surface area contributed by atoms with E-state index in [1.165, 1.54) is 38.5 Å². The quantitative estimate of drug-likeness (QED) is 0.597. The van der Waals surface area contributed by atoms with E-state index in [0.29, 0.717) is 19.1 Å². The molecular weight excluding hydrogens is 272 g/mol. The van der Waals surface area contributed by atoms with Gasteiger partial charge in [-0.05, 0) is 31.6 Å². The smallest absolute Gasteiger partial charge is 0.450 e. The molecule has 1 saturated heterocycles. The maximum Gasteiger partial charge on any atom is 0.506 e. The van der Waals surface area contributed by atoms with Crippen LogP contribution in [0.3, 0.4) is 0 Å². The topological polar surface area (TPSA) is 65.0 Å². The fourth-order valence-electron chi connectivity index (χ4n) is 3.42. The van der Waals surface area contributed by atoms with Crippen molar-refractivity contribution in [3.8, 4) is 0 Å². The van der Waals surface area contributed by atoms with E-state index in [9.17, 15) is 4.79 Å². The molecule has 0 bridgehead atoms. The maximum absolute atomic E-state index is 10.5. The van der Waals surface area contributed by atoms with Crippen LogP contribution in [0.15, 0.2) is 0 Å². The molecule has 2 rings (SSSR count). The molecule has 0 aromatic rings. The van der Waals surface area contributed by atoms with Gasteiger partial charge in [0.1, 0.15) is 0 Å². The van der Waals surface area contributed by atoms with Crippen molar-refractivity contribution in [1.82, 2.24) is 0 Å². The molecule has 1 aliphatic heterocycles. The van der Waals surface area contributed by atoms with Crippen LogP contribution in [0.4, 0.5) is 4.79 Å². The standard InChI is InChI=1S/C16H28O5/c1-2-3-4-5-12-6-8-13(9-7-12)15-19-10-14(11-20-15)21-16(17)18/h12-15H,2-11H2,1H3,(H,17,18)/t12?,13?,14-,15-. The van der Waals surface area contributed by atoms with Crippen LogP contribution in [-0.2, 0) is 14.2 Å². The third-order valence-electron chi connectivity index (χ3n) is 4.65. The Kier molecular flexibility index (Phi) is 6.77. The van der Waals surface area contributed by atoms with Crippen LogP contribution in [0.2, 0.25) is 0 Å². The first-order valence-corrected chi connectivity index (χ1v) is 8.31. The first-order chi connectivity index (χ1) is 10.2. The molecule has 1 heterocycles. The minimum absolute atomic E-state index is 0.171. The van der Waals surface area contributed by atoms with Gasteiger partial charge in [0.05, 0.1) is 13.2 Å². The summed E-state index contributed by atoms with van der Waals surface area (Å²) in [6, 6.07) is 0. The van der Waals surface area contributed by atoms with Crippen molar-refractivity contribution >= 4 is 6.16 Å². The van der Waals surface area contributed by atoms with Gasteiger partial charge in [-0.2, -0.15) is 0 Å². The van der Waals surface area contributed by atoms with Crippen LogP contribution < -0.4 is 0 Å². The molecule has 0 amide bonds. The zero-order valence-corrected chi connectivity index (χ0v) is 13.0. The van der Waals surface area contributed by atoms with Crippen molar-refractivity contribution in [2.75, 3.05) is 13.2 Å². The molecule has 0 aromatic heterocycles. The summed E-state index contributed by atoms with van der Waals surface area (Å²) in [5, 5.41) is 8.56. The van der Waals surface area contributed by atoms with Crippen molar-refractivity contribution in [3.05, 3.63) is 0 Å². The van der Waals surface area contributed by atoms with Crippen molar-refractivity contribution in [1.29, 1.82) is 0 Å². The molecule has 5 heteroatoms. The Morgan fingerprint density at radius 2 is 1.81 bits per heavy atom. The maximum atomic E-state index is 10.5. The fraction of sp³-hybridized carbons (Fsp3) is 0.938. The highest BCUT2D eigenvalue weighted by Crippen LogP contribution is 2.35. The molecule has 1 saturated carbocycles. The van der Waals surface area contributed by atoms with Crippen molar-refractivity contribution in [3.63, 3.8) is 0 Å². The van der Waals surface area contributed by atoms with E-state index in [1.54, 1.807) is 0 Å². The monoisotopic (exact) mass is 300 g/mol. The van der Waals surface area contributed by atoms with Crippen LogP contribution in [0.25, 0.3) is 0 Å². The van der Waals surface area contributed by atoms with Crippen molar-refractivity contribution in [2.24, 2.45) is 11.8 Å². The van der Waals surface area contributed by atoms with Gasteiger partial charge in [0.2, 0.25) is 0 Å². The van der Waals surface area contributed by atoms with Crippen LogP contribution in [0.5, 0.6) is 0 Å². The van der Waals surface area contributed by atoms with Crippen LogP contribution in [0.1, 0.15) is 58.3 Å². The number of ether oxygens (including phenoxy) is 3. The summed E-state index contributed by atoms with van der Waals surface area (Å²) in [6.45, 7) is 2.87. The molecule has 1 N–H and O–H groups in total. The predicted molar refractivity (Wildman–Crippen MR) is 78.2 cm³/mol. The third kappa shape index (κ3) is 5.47. The van der Waals surface area contributed by atoms with Crippen LogP contribution >= 0.6 is 0 Å². The summed E-state index contributed by atoms with van der Waals surface area (Å²) in [5.41, 5.74) is 0. The van der Waals surface area contributed by atoms with Gasteiger partial charge < -0.3 is 19.3 Å². The summed E-state index contributed by atoms with van der Waals surface area (Å²) in [7, 11) is 0. The summed E-state index contributed by atoms with van der Waals surface area (Å²) >= 11 is 0. The zero-order valence-electron chi connectivity index (χ0n) is 13.0. The molecule has 0 atom stereocenters. The van der Waals surface area contributed by atoms with E-state index in [0.717, 1.165) is 18.8 Å². The van der Waals surface area contributed by atoms with Gasteiger partial charge in [-0.3, -0.25) is 0 Å². The number of carboxylic acid groups (broad SMARTS) is 1. The van der Waals surface area contributed by atoms with Gasteiger partial charge in [0.15, 0.2) is 12.4 Å². The minimum Gasteiger partial charge on any atom is -0.450 e. The van der Waals surface area contributed by atoms with E-state index in [4.69, 9.17) is 14.6 Å². The van der Waals surface area contributed by atoms with Gasteiger partial charge in [-0.1, -0.05) is 32.6 Å². The largest absolute Gasteiger partial charge is 0.506 e. The Bertz CT molecular complexity index is 304. The van der Waals surface area contributed by atoms with Crippen LogP contribution in [0, 0.1) is 11.8 Å². The van der Waals surface area contributed by atoms with Gasteiger partial charge in [0.25, 0.3) is 0 Å². The zero-order chi connectivity index (χ0) is 15.1. The predicted octanol–water partition coefficient (Wildman–Crippen LogP) is 3.81. The van der Waals surface area contributed by atoms with E-state index in [-0.39, 0.29) is 6.29 Å². The molecule has 0 unspecified atom stereocenters. The lowest BCUT2D eigenvalue weighted by molar-refractivity contribution is -0.243. The van der Waals surface area contributed by atoms with E-state index in [2.05, 4.69) is 11.7 Å². The van der Waals surface area contributed by atoms with Gasteiger partial charge in [-0.15, -0.1) is 0 Å². The van der Waals surface area contributed by atoms with Gasteiger partial charge in [0, 0.05) is 5.92 Å². The van der Waals surface area contributed by atoms with E-state index in [1.807, 2.05) is 0 Å². The van der Waals surface area contributed by atoms with Gasteiger partial charge >= 0.3 is 6.16 Å². The Morgan fingerprint density at radius 3 is 2.38 bits per heavy atom. The lowest BCUT2D eigenvalue weighted by Crippen LogP contribution is -2.42.